The summed E-state index contributed by atoms with van der Waals surface area (Å²) in [6, 6.07) is -0.595. The molecule has 0 aliphatic carbocycles. The van der Waals surface area contributed by atoms with Crippen molar-refractivity contribution in [1.29, 1.82) is 0 Å². The van der Waals surface area contributed by atoms with Gasteiger partial charge in [-0.15, -0.1) is 0 Å². The van der Waals surface area contributed by atoms with E-state index in [4.69, 9.17) is 4.74 Å². The lowest BCUT2D eigenvalue weighted by Gasteiger charge is -2.38. The number of nitrogens with zero attached hydrogens (tertiary/aromatic N) is 4. The van der Waals surface area contributed by atoms with Gasteiger partial charge in [0.2, 0.25) is 5.95 Å². The Labute approximate surface area is 112 Å². The van der Waals surface area contributed by atoms with Crippen LogP contribution in [0.5, 0.6) is 0 Å². The van der Waals surface area contributed by atoms with Gasteiger partial charge in [-0.1, -0.05) is 0 Å². The summed E-state index contributed by atoms with van der Waals surface area (Å²) in [4.78, 5) is 15.6. The van der Waals surface area contributed by atoms with Crippen molar-refractivity contribution in [2.75, 3.05) is 31.3 Å². The molecule has 0 radical (unpaired) electrons. The molecule has 9 heteroatoms. The normalized spacial score (nSPS) is 23.9. The van der Waals surface area contributed by atoms with Crippen LogP contribution < -0.4 is 10.6 Å². The Morgan fingerprint density at radius 2 is 2.00 bits per heavy atom. The molecule has 1 unspecified atom stereocenters. The average Bonchev–Trinajstić information content (AvgIpc) is 2.80. The third-order valence-corrected chi connectivity index (χ3v) is 3.44. The summed E-state index contributed by atoms with van der Waals surface area (Å²) in [5.41, 5.74) is -0.472. The van der Waals surface area contributed by atoms with Gasteiger partial charge in [-0.2, -0.15) is 13.2 Å². The van der Waals surface area contributed by atoms with Crippen LogP contribution >= 0.6 is 0 Å². The van der Waals surface area contributed by atoms with Crippen LogP contribution in [0.15, 0.2) is 17.1 Å². The highest BCUT2D eigenvalue weighted by Crippen LogP contribution is 2.34. The van der Waals surface area contributed by atoms with Crippen molar-refractivity contribution in [3.8, 4) is 0 Å². The Morgan fingerprint density at radius 1 is 1.30 bits per heavy atom. The number of fused-ring (bicyclic) bond motifs is 1. The van der Waals surface area contributed by atoms with Crippen molar-refractivity contribution in [1.82, 2.24) is 14.6 Å². The molecular weight excluding hydrogens is 277 g/mol. The fourth-order valence-corrected chi connectivity index (χ4v) is 2.50. The van der Waals surface area contributed by atoms with Gasteiger partial charge >= 0.3 is 6.18 Å². The summed E-state index contributed by atoms with van der Waals surface area (Å²) in [6.07, 6.45) is -3.20. The smallest absolute Gasteiger partial charge is 0.379 e. The Balaban J connectivity index is 2.02. The van der Waals surface area contributed by atoms with E-state index < -0.39 is 24.3 Å². The van der Waals surface area contributed by atoms with Gasteiger partial charge in [0.15, 0.2) is 6.04 Å². The molecule has 0 amide bonds. The molecule has 0 aromatic carbocycles. The molecule has 1 aromatic rings. The van der Waals surface area contributed by atoms with Gasteiger partial charge in [0, 0.05) is 25.4 Å². The number of halogens is 3. The van der Waals surface area contributed by atoms with Gasteiger partial charge in [-0.25, -0.2) is 9.99 Å². The summed E-state index contributed by atoms with van der Waals surface area (Å²) >= 11 is 0. The number of morpholine rings is 1. The Hall–Kier alpha value is -1.61. The predicted octanol–water partition coefficient (Wildman–Crippen LogP) is 0.241. The highest BCUT2D eigenvalue weighted by Gasteiger charge is 2.51. The van der Waals surface area contributed by atoms with Crippen LogP contribution in [0.25, 0.3) is 0 Å². The van der Waals surface area contributed by atoms with Gasteiger partial charge in [-0.05, 0) is 0 Å². The van der Waals surface area contributed by atoms with Gasteiger partial charge in [0.25, 0.3) is 5.56 Å². The van der Waals surface area contributed by atoms with Gasteiger partial charge in [0.1, 0.15) is 0 Å². The van der Waals surface area contributed by atoms with Crippen LogP contribution in [0.3, 0.4) is 0 Å². The summed E-state index contributed by atoms with van der Waals surface area (Å²) in [6.45, 7) is 0.980. The number of anilines is 1. The molecule has 6 nitrogen and oxygen atoms in total. The van der Waals surface area contributed by atoms with E-state index in [1.54, 1.807) is 5.01 Å². The number of aromatic nitrogens is 2. The lowest BCUT2D eigenvalue weighted by atomic mass is 10.3. The van der Waals surface area contributed by atoms with Gasteiger partial charge in [-0.3, -0.25) is 14.4 Å². The number of hydrazine groups is 1. The van der Waals surface area contributed by atoms with Crippen LogP contribution in [0.1, 0.15) is 0 Å². The van der Waals surface area contributed by atoms with Crippen molar-refractivity contribution in [3.63, 3.8) is 0 Å². The Bertz CT molecular complexity index is 553. The van der Waals surface area contributed by atoms with E-state index >= 15 is 0 Å². The SMILES string of the molecule is O=c1ccnc2n1CC(C(F)(F)F)N2N1CCOCC1. The average molecular weight is 290 g/mol. The molecule has 0 spiro atoms. The van der Waals surface area contributed by atoms with Crippen LogP contribution in [-0.2, 0) is 11.3 Å². The van der Waals surface area contributed by atoms with Crippen LogP contribution in [0.4, 0.5) is 19.1 Å². The predicted molar refractivity (Wildman–Crippen MR) is 63.2 cm³/mol. The van der Waals surface area contributed by atoms with Crippen molar-refractivity contribution in [3.05, 3.63) is 22.6 Å². The zero-order valence-corrected chi connectivity index (χ0v) is 10.5. The molecule has 3 rings (SSSR count). The van der Waals surface area contributed by atoms with Crippen molar-refractivity contribution < 1.29 is 17.9 Å². The maximum Gasteiger partial charge on any atom is 0.412 e. The molecule has 0 saturated carbocycles. The lowest BCUT2D eigenvalue weighted by molar-refractivity contribution is -0.158. The van der Waals surface area contributed by atoms with E-state index in [9.17, 15) is 18.0 Å². The van der Waals surface area contributed by atoms with Gasteiger partial charge < -0.3 is 4.74 Å². The molecule has 20 heavy (non-hydrogen) atoms. The molecule has 1 atom stereocenters. The number of rotatable bonds is 1. The Morgan fingerprint density at radius 3 is 2.65 bits per heavy atom. The lowest BCUT2D eigenvalue weighted by Crippen LogP contribution is -2.56. The number of hydrogen-bond acceptors (Lipinski definition) is 5. The first-order chi connectivity index (χ1) is 9.48. The van der Waals surface area contributed by atoms with Crippen molar-refractivity contribution in [2.45, 2.75) is 18.8 Å². The van der Waals surface area contributed by atoms with E-state index in [0.717, 1.165) is 9.58 Å². The first-order valence-electron chi connectivity index (χ1n) is 6.23. The molecule has 2 aliphatic heterocycles. The minimum Gasteiger partial charge on any atom is -0.379 e. The largest absolute Gasteiger partial charge is 0.412 e. The number of hydrogen-bond donors (Lipinski definition) is 0. The number of alkyl halides is 3. The first kappa shape index (κ1) is 13.4. The minimum atomic E-state index is -4.43. The van der Waals surface area contributed by atoms with E-state index in [2.05, 4.69) is 4.98 Å². The highest BCUT2D eigenvalue weighted by atomic mass is 19.4. The molecule has 3 heterocycles. The third-order valence-electron chi connectivity index (χ3n) is 3.44. The molecule has 110 valence electrons. The number of ether oxygens (including phenoxy) is 1. The van der Waals surface area contributed by atoms with Crippen LogP contribution in [0.2, 0.25) is 0 Å². The topological polar surface area (TPSA) is 50.6 Å². The van der Waals surface area contributed by atoms with Crippen LogP contribution in [0, 0.1) is 0 Å². The fraction of sp³-hybridized carbons (Fsp3) is 0.636. The van der Waals surface area contributed by atoms with E-state index in [-0.39, 0.29) is 5.95 Å². The molecule has 0 bridgehead atoms. The molecule has 1 saturated heterocycles. The summed E-state index contributed by atoms with van der Waals surface area (Å²) in [7, 11) is 0. The van der Waals surface area contributed by atoms with Crippen LogP contribution in [-0.4, -0.2) is 53.1 Å². The zero-order valence-electron chi connectivity index (χ0n) is 10.5. The quantitative estimate of drug-likeness (QED) is 0.741. The molecule has 2 aliphatic rings. The van der Waals surface area contributed by atoms with Crippen molar-refractivity contribution in [2.24, 2.45) is 0 Å². The summed E-state index contributed by atoms with van der Waals surface area (Å²) in [5.74, 6) is 0.0433. The third kappa shape index (κ3) is 2.16. The summed E-state index contributed by atoms with van der Waals surface area (Å²) in [5, 5.41) is 2.64. The maximum absolute atomic E-state index is 13.2. The second-order valence-electron chi connectivity index (χ2n) is 4.66. The second kappa shape index (κ2) is 4.74. The Kier molecular flexibility index (Phi) is 3.17. The van der Waals surface area contributed by atoms with E-state index in [1.807, 2.05) is 0 Å². The second-order valence-corrected chi connectivity index (χ2v) is 4.66. The van der Waals surface area contributed by atoms with Gasteiger partial charge in [0.05, 0.1) is 19.8 Å². The maximum atomic E-state index is 13.2. The van der Waals surface area contributed by atoms with E-state index in [0.29, 0.717) is 26.3 Å². The standard InChI is InChI=1S/C11H13F3N4O2/c12-11(13,14)8-7-17-9(19)1-2-15-10(17)18(8)16-3-5-20-6-4-16/h1-2,8H,3-7H2. The highest BCUT2D eigenvalue weighted by molar-refractivity contribution is 5.36. The first-order valence-corrected chi connectivity index (χ1v) is 6.23. The summed E-state index contributed by atoms with van der Waals surface area (Å²) < 4.78 is 45.9. The molecule has 0 N–H and O–H groups in total. The van der Waals surface area contributed by atoms with E-state index in [1.165, 1.54) is 12.3 Å². The monoisotopic (exact) mass is 290 g/mol. The fourth-order valence-electron chi connectivity index (χ4n) is 2.50. The zero-order chi connectivity index (χ0) is 14.3. The molecule has 1 aromatic heterocycles. The molecule has 1 fully saturated rings. The van der Waals surface area contributed by atoms with Crippen molar-refractivity contribution >= 4 is 5.95 Å². The molecular formula is C11H13F3N4O2. The minimum absolute atomic E-state index is 0.0433.